The maximum absolute atomic E-state index is 14.1. The number of hydrogen-bond acceptors (Lipinski definition) is 2. The molecule has 0 bridgehead atoms. The van der Waals surface area contributed by atoms with E-state index in [0.29, 0.717) is 21.9 Å². The SMILES string of the molecule is ClCCl.[O-]c1c(-c2c(-c3ccccc3)cc3ccccc3c2[O-])c(-c2ccccc2)cc2ccccc12.[Pt+2].c1ccc([PH+](CC[PH+](c2ccccc2)c2ccccc2)c2ccccc2)cc1. The zero-order valence-corrected chi connectivity index (χ0v) is 41.9. The summed E-state index contributed by atoms with van der Waals surface area (Å²) >= 11 is 9.53. The fourth-order valence-corrected chi connectivity index (χ4v) is 14.7. The monoisotopic (exact) mass is 1120 g/mol. The van der Waals surface area contributed by atoms with E-state index >= 15 is 0 Å². The van der Waals surface area contributed by atoms with Crippen molar-refractivity contribution in [3.05, 3.63) is 243 Å². The third-order valence-corrected chi connectivity index (χ3v) is 17.7. The Morgan fingerprint density at radius 2 is 0.576 bits per heavy atom. The summed E-state index contributed by atoms with van der Waals surface area (Å²) in [6, 6.07) is 83.4. The summed E-state index contributed by atoms with van der Waals surface area (Å²) in [5.41, 5.74) is 4.28. The van der Waals surface area contributed by atoms with Crippen LogP contribution in [0.15, 0.2) is 243 Å². The molecule has 0 atom stereocenters. The Morgan fingerprint density at radius 3 is 0.864 bits per heavy atom. The quantitative estimate of drug-likeness (QED) is 0.101. The van der Waals surface area contributed by atoms with E-state index < -0.39 is 15.8 Å². The van der Waals surface area contributed by atoms with Gasteiger partial charge in [0.25, 0.3) is 0 Å². The van der Waals surface area contributed by atoms with Crippen LogP contribution in [0.3, 0.4) is 0 Å². The smallest absolute Gasteiger partial charge is 0.872 e. The van der Waals surface area contributed by atoms with E-state index in [-0.39, 0.29) is 37.9 Å². The molecule has 0 heterocycles. The van der Waals surface area contributed by atoms with Crippen LogP contribution in [0.1, 0.15) is 0 Å². The van der Waals surface area contributed by atoms with E-state index in [4.69, 9.17) is 23.2 Å². The van der Waals surface area contributed by atoms with Crippen molar-refractivity contribution in [2.45, 2.75) is 0 Å². The van der Waals surface area contributed by atoms with Crippen LogP contribution in [0.25, 0.3) is 54.9 Å². The van der Waals surface area contributed by atoms with Crippen LogP contribution >= 0.6 is 39.0 Å². The Kier molecular flexibility index (Phi) is 17.8. The van der Waals surface area contributed by atoms with Crippen LogP contribution in [0.4, 0.5) is 0 Å². The predicted octanol–water partition coefficient (Wildman–Crippen LogP) is 13.3. The third kappa shape index (κ3) is 11.5. The van der Waals surface area contributed by atoms with Gasteiger partial charge in [-0.2, -0.15) is 0 Å². The average Bonchev–Trinajstić information content (AvgIpc) is 3.37. The Balaban J connectivity index is 0.000000186. The van der Waals surface area contributed by atoms with Crippen molar-refractivity contribution >= 4 is 81.8 Å². The average molecular weight is 1120 g/mol. The molecule has 10 aromatic rings. The first kappa shape index (κ1) is 48.4. The van der Waals surface area contributed by atoms with Gasteiger partial charge >= 0.3 is 21.1 Å². The molecule has 10 rings (SSSR count). The molecule has 0 aliphatic rings. The molecule has 0 saturated heterocycles. The molecular formula is C59H48Cl2O2P2Pt+2. The minimum Gasteiger partial charge on any atom is -0.872 e. The molecule has 0 radical (unpaired) electrons. The molecule has 0 aliphatic heterocycles. The van der Waals surface area contributed by atoms with E-state index in [1.54, 1.807) is 0 Å². The molecular weight excluding hydrogens is 1070 g/mol. The largest absolute Gasteiger partial charge is 2.00 e. The first-order valence-corrected chi connectivity index (χ1v) is 26.2. The van der Waals surface area contributed by atoms with Crippen molar-refractivity contribution in [2.75, 3.05) is 17.7 Å². The third-order valence-electron chi connectivity index (χ3n) is 11.5. The predicted molar refractivity (Wildman–Crippen MR) is 284 cm³/mol. The summed E-state index contributed by atoms with van der Waals surface area (Å²) in [6.45, 7) is 0. The first-order chi connectivity index (χ1) is 32.1. The van der Waals surface area contributed by atoms with Gasteiger partial charge in [0.2, 0.25) is 0 Å². The van der Waals surface area contributed by atoms with E-state index in [1.807, 2.05) is 121 Å². The van der Waals surface area contributed by atoms with Crippen LogP contribution in [-0.2, 0) is 21.1 Å². The Hall–Kier alpha value is -5.55. The Bertz CT molecular complexity index is 2770. The summed E-state index contributed by atoms with van der Waals surface area (Å²) in [5, 5.41) is 37.3. The number of fused-ring (bicyclic) bond motifs is 2. The van der Waals surface area contributed by atoms with Gasteiger partial charge in [0, 0.05) is 0 Å². The molecule has 0 fully saturated rings. The number of hydrogen-bond donors (Lipinski definition) is 0. The van der Waals surface area contributed by atoms with Crippen molar-refractivity contribution in [3.63, 3.8) is 0 Å². The van der Waals surface area contributed by atoms with Crippen LogP contribution in [0, 0.1) is 0 Å². The van der Waals surface area contributed by atoms with Gasteiger partial charge < -0.3 is 10.2 Å². The van der Waals surface area contributed by atoms with Crippen molar-refractivity contribution in [2.24, 2.45) is 0 Å². The summed E-state index contributed by atoms with van der Waals surface area (Å²) in [4.78, 5) is 0. The van der Waals surface area contributed by atoms with Crippen LogP contribution in [0.5, 0.6) is 11.5 Å². The number of benzene rings is 10. The van der Waals surface area contributed by atoms with Crippen molar-refractivity contribution in [1.29, 1.82) is 0 Å². The number of halogens is 2. The first-order valence-electron chi connectivity index (χ1n) is 21.7. The standard InChI is InChI=1S/C32H22O2.C26H24P2.CH2Cl2.Pt/c33-31-25-17-9-7-15-23(25)19-27(21-11-3-1-4-12-21)29(31)30-28(22-13-5-2-6-14-22)20-24-16-8-10-18-26(24)32(30)34;1-5-13-23(14-6-1)27(24-15-7-2-8-16-24)21-22-28(25-17-9-3-10-18-25)26-19-11-4-12-20-26;2-1-3;/h1-20,33-34H;1-20H,21-22H2;1H2;/q;;;+2. The van der Waals surface area contributed by atoms with E-state index in [0.717, 1.165) is 33.0 Å². The van der Waals surface area contributed by atoms with Crippen LogP contribution in [0.2, 0.25) is 0 Å². The normalized spacial score (nSPS) is 10.7. The number of rotatable bonds is 10. The molecule has 7 heteroatoms. The summed E-state index contributed by atoms with van der Waals surface area (Å²) in [7, 11) is -1.57. The van der Waals surface area contributed by atoms with Crippen molar-refractivity contribution in [1.82, 2.24) is 0 Å². The fourth-order valence-electron chi connectivity index (χ4n) is 8.53. The van der Waals surface area contributed by atoms with E-state index in [1.165, 1.54) is 33.5 Å². The Labute approximate surface area is 415 Å². The van der Waals surface area contributed by atoms with Gasteiger partial charge in [-0.25, -0.2) is 0 Å². The number of alkyl halides is 2. The van der Waals surface area contributed by atoms with Crippen molar-refractivity contribution < 1.29 is 31.3 Å². The van der Waals surface area contributed by atoms with Crippen LogP contribution in [-0.4, -0.2) is 17.7 Å². The zero-order valence-electron chi connectivity index (χ0n) is 36.1. The molecule has 0 aliphatic carbocycles. The molecule has 0 saturated carbocycles. The molecule has 0 aromatic heterocycles. The minimum atomic E-state index is -0.783. The minimum absolute atomic E-state index is 0. The van der Waals surface area contributed by atoms with Gasteiger partial charge in [-0.1, -0.05) is 193 Å². The second kappa shape index (κ2) is 24.3. The second-order valence-corrected chi connectivity index (χ2v) is 21.5. The zero-order chi connectivity index (χ0) is 44.8. The molecule has 0 spiro atoms. The molecule has 10 aromatic carbocycles. The molecule has 2 nitrogen and oxygen atoms in total. The molecule has 0 amide bonds. The van der Waals surface area contributed by atoms with E-state index in [9.17, 15) is 10.2 Å². The summed E-state index contributed by atoms with van der Waals surface area (Å²) < 4.78 is 0. The second-order valence-electron chi connectivity index (χ2n) is 15.5. The van der Waals surface area contributed by atoms with Gasteiger partial charge in [-0.15, -0.1) is 23.2 Å². The van der Waals surface area contributed by atoms with Gasteiger partial charge in [0.1, 0.15) is 12.3 Å². The molecule has 328 valence electrons. The van der Waals surface area contributed by atoms with Crippen molar-refractivity contribution in [3.8, 4) is 44.9 Å². The van der Waals surface area contributed by atoms with E-state index in [2.05, 4.69) is 121 Å². The van der Waals surface area contributed by atoms with Gasteiger partial charge in [0.05, 0.1) is 42.4 Å². The summed E-state index contributed by atoms with van der Waals surface area (Å²) in [5.74, 6) is -0.247. The maximum atomic E-state index is 14.1. The van der Waals surface area contributed by atoms with Crippen LogP contribution < -0.4 is 31.4 Å². The molecule has 66 heavy (non-hydrogen) atoms. The summed E-state index contributed by atoms with van der Waals surface area (Å²) in [6.07, 6.45) is 2.52. The topological polar surface area (TPSA) is 46.1 Å². The molecule has 0 N–H and O–H groups in total. The van der Waals surface area contributed by atoms with Gasteiger partial charge in [0.15, 0.2) is 0 Å². The fraction of sp³-hybridized carbons (Fsp3) is 0.0508. The Morgan fingerprint density at radius 1 is 0.333 bits per heavy atom. The van der Waals surface area contributed by atoms with Gasteiger partial charge in [-0.3, -0.25) is 0 Å². The maximum Gasteiger partial charge on any atom is 2.00 e. The molecule has 0 unspecified atom stereocenters. The van der Waals surface area contributed by atoms with Gasteiger partial charge in [-0.05, 0) is 116 Å².